The fourth-order valence-corrected chi connectivity index (χ4v) is 4.98. The normalized spacial score (nSPS) is 16.6. The summed E-state index contributed by atoms with van der Waals surface area (Å²) in [7, 11) is 3.32. The molecule has 1 saturated heterocycles. The predicted molar refractivity (Wildman–Crippen MR) is 138 cm³/mol. The molecular formula is C26H27Cl3N2O2. The molecule has 0 amide bonds. The number of hydrogen-bond acceptors (Lipinski definition) is 4. The van der Waals surface area contributed by atoms with E-state index in [2.05, 4.69) is 34.1 Å². The Labute approximate surface area is 210 Å². The summed E-state index contributed by atoms with van der Waals surface area (Å²) in [5.74, 6) is 1.51. The van der Waals surface area contributed by atoms with Gasteiger partial charge in [0.1, 0.15) is 0 Å². The molecule has 0 bridgehead atoms. The van der Waals surface area contributed by atoms with Gasteiger partial charge in [-0.25, -0.2) is 0 Å². The first-order valence-electron chi connectivity index (χ1n) is 10.9. The molecule has 0 N–H and O–H groups in total. The SMILES string of the molecule is COc1ccc(CCN2CCN(c3ccc(Cl)cc3Cl)[C@H](c3ccc(Cl)cc3)C2)cc1OC. The Kier molecular flexibility index (Phi) is 7.92. The van der Waals surface area contributed by atoms with Gasteiger partial charge in [0, 0.05) is 36.2 Å². The lowest BCUT2D eigenvalue weighted by Gasteiger charge is -2.43. The molecule has 1 aliphatic rings. The van der Waals surface area contributed by atoms with Gasteiger partial charge in [-0.3, -0.25) is 4.90 Å². The van der Waals surface area contributed by atoms with Crippen molar-refractivity contribution in [2.75, 3.05) is 45.3 Å². The van der Waals surface area contributed by atoms with E-state index in [9.17, 15) is 0 Å². The summed E-state index contributed by atoms with van der Waals surface area (Å²) in [4.78, 5) is 4.87. The van der Waals surface area contributed by atoms with E-state index in [4.69, 9.17) is 44.3 Å². The highest BCUT2D eigenvalue weighted by Gasteiger charge is 2.29. The largest absolute Gasteiger partial charge is 0.493 e. The maximum absolute atomic E-state index is 6.59. The Morgan fingerprint density at radius 3 is 2.24 bits per heavy atom. The van der Waals surface area contributed by atoms with Gasteiger partial charge < -0.3 is 14.4 Å². The third kappa shape index (κ3) is 5.70. The Morgan fingerprint density at radius 2 is 1.55 bits per heavy atom. The molecule has 33 heavy (non-hydrogen) atoms. The standard InChI is InChI=1S/C26H27Cl3N2O2/c1-32-25-10-3-18(15-26(25)33-2)11-12-30-13-14-31(23-9-8-21(28)16-22(23)29)24(17-30)19-4-6-20(27)7-5-19/h3-10,15-16,24H,11-14,17H2,1-2H3/t24-/m0/s1. The number of halogens is 3. The van der Waals surface area contributed by atoms with E-state index in [1.807, 2.05) is 30.3 Å². The lowest BCUT2D eigenvalue weighted by molar-refractivity contribution is 0.226. The molecule has 174 valence electrons. The molecule has 1 atom stereocenters. The van der Waals surface area contributed by atoms with Crippen LogP contribution in [-0.4, -0.2) is 45.3 Å². The summed E-state index contributed by atoms with van der Waals surface area (Å²) in [5.41, 5.74) is 3.43. The van der Waals surface area contributed by atoms with Gasteiger partial charge in [0.05, 0.1) is 31.0 Å². The van der Waals surface area contributed by atoms with Crippen LogP contribution in [0.15, 0.2) is 60.7 Å². The number of methoxy groups -OCH3 is 2. The quantitative estimate of drug-likeness (QED) is 0.354. The number of rotatable bonds is 7. The number of benzene rings is 3. The van der Waals surface area contributed by atoms with Crippen LogP contribution >= 0.6 is 34.8 Å². The third-order valence-corrected chi connectivity index (χ3v) is 6.89. The van der Waals surface area contributed by atoms with Gasteiger partial charge in [0.25, 0.3) is 0 Å². The van der Waals surface area contributed by atoms with Crippen molar-refractivity contribution in [3.63, 3.8) is 0 Å². The lowest BCUT2D eigenvalue weighted by Crippen LogP contribution is -2.49. The van der Waals surface area contributed by atoms with Crippen LogP contribution in [0.1, 0.15) is 17.2 Å². The molecule has 3 aromatic rings. The van der Waals surface area contributed by atoms with Crippen molar-refractivity contribution >= 4 is 40.5 Å². The van der Waals surface area contributed by atoms with Gasteiger partial charge >= 0.3 is 0 Å². The average molecular weight is 506 g/mol. The predicted octanol–water partition coefficient (Wildman–Crippen LogP) is 6.77. The van der Waals surface area contributed by atoms with Crippen LogP contribution in [0.3, 0.4) is 0 Å². The number of hydrogen-bond donors (Lipinski definition) is 0. The van der Waals surface area contributed by atoms with E-state index in [1.54, 1.807) is 20.3 Å². The Bertz CT molecular complexity index is 1090. The second-order valence-electron chi connectivity index (χ2n) is 8.10. The molecule has 1 fully saturated rings. The lowest BCUT2D eigenvalue weighted by atomic mass is 10.0. The molecule has 0 aromatic heterocycles. The molecule has 3 aromatic carbocycles. The topological polar surface area (TPSA) is 24.9 Å². The highest BCUT2D eigenvalue weighted by molar-refractivity contribution is 6.36. The molecular weight excluding hydrogens is 479 g/mol. The van der Waals surface area contributed by atoms with E-state index in [1.165, 1.54) is 11.1 Å². The first kappa shape index (κ1) is 24.0. The van der Waals surface area contributed by atoms with Gasteiger partial charge in [-0.05, 0) is 60.0 Å². The van der Waals surface area contributed by atoms with Gasteiger partial charge in [-0.1, -0.05) is 53.0 Å². The highest BCUT2D eigenvalue weighted by atomic mass is 35.5. The van der Waals surface area contributed by atoms with Gasteiger partial charge in [-0.2, -0.15) is 0 Å². The van der Waals surface area contributed by atoms with Crippen molar-refractivity contribution in [3.8, 4) is 11.5 Å². The summed E-state index contributed by atoms with van der Waals surface area (Å²) in [6.45, 7) is 3.63. The van der Waals surface area contributed by atoms with Crippen molar-refractivity contribution in [2.45, 2.75) is 12.5 Å². The van der Waals surface area contributed by atoms with Crippen LogP contribution in [0.25, 0.3) is 0 Å². The van der Waals surface area contributed by atoms with Crippen molar-refractivity contribution in [2.24, 2.45) is 0 Å². The van der Waals surface area contributed by atoms with Gasteiger partial charge in [0.15, 0.2) is 11.5 Å². The number of anilines is 1. The molecule has 0 unspecified atom stereocenters. The number of piperazine rings is 1. The van der Waals surface area contributed by atoms with Crippen LogP contribution in [0.2, 0.25) is 15.1 Å². The third-order valence-electron chi connectivity index (χ3n) is 6.10. The first-order chi connectivity index (χ1) is 16.0. The molecule has 1 aliphatic heterocycles. The second kappa shape index (κ2) is 10.9. The van der Waals surface area contributed by atoms with Crippen LogP contribution in [-0.2, 0) is 6.42 Å². The zero-order chi connectivity index (χ0) is 23.4. The van der Waals surface area contributed by atoms with E-state index >= 15 is 0 Å². The maximum atomic E-state index is 6.59. The molecule has 4 nitrogen and oxygen atoms in total. The molecule has 1 heterocycles. The summed E-state index contributed by atoms with van der Waals surface area (Å²) in [5, 5.41) is 2.04. The molecule has 0 spiro atoms. The minimum atomic E-state index is 0.153. The van der Waals surface area contributed by atoms with E-state index < -0.39 is 0 Å². The van der Waals surface area contributed by atoms with Crippen LogP contribution in [0.4, 0.5) is 5.69 Å². The minimum absolute atomic E-state index is 0.153. The van der Waals surface area contributed by atoms with E-state index in [0.717, 1.165) is 54.8 Å². The van der Waals surface area contributed by atoms with Crippen molar-refractivity contribution in [1.29, 1.82) is 0 Å². The summed E-state index contributed by atoms with van der Waals surface area (Å²) < 4.78 is 10.8. The monoisotopic (exact) mass is 504 g/mol. The molecule has 0 aliphatic carbocycles. The van der Waals surface area contributed by atoms with Crippen LogP contribution < -0.4 is 14.4 Å². The molecule has 0 saturated carbocycles. The smallest absolute Gasteiger partial charge is 0.160 e. The molecule has 0 radical (unpaired) electrons. The fraction of sp³-hybridized carbons (Fsp3) is 0.308. The summed E-state index contributed by atoms with van der Waals surface area (Å²) >= 11 is 18.9. The first-order valence-corrected chi connectivity index (χ1v) is 12.0. The number of ether oxygens (including phenoxy) is 2. The zero-order valence-electron chi connectivity index (χ0n) is 18.7. The van der Waals surface area contributed by atoms with Crippen LogP contribution in [0, 0.1) is 0 Å². The summed E-state index contributed by atoms with van der Waals surface area (Å²) in [6.07, 6.45) is 0.926. The Hall–Kier alpha value is -2.11. The molecule has 4 rings (SSSR count). The van der Waals surface area contributed by atoms with E-state index in [-0.39, 0.29) is 6.04 Å². The molecule has 7 heteroatoms. The van der Waals surface area contributed by atoms with Crippen molar-refractivity contribution < 1.29 is 9.47 Å². The second-order valence-corrected chi connectivity index (χ2v) is 9.38. The van der Waals surface area contributed by atoms with Gasteiger partial charge in [-0.15, -0.1) is 0 Å². The Balaban J connectivity index is 1.53. The zero-order valence-corrected chi connectivity index (χ0v) is 21.0. The number of nitrogens with zero attached hydrogens (tertiary/aromatic N) is 2. The average Bonchev–Trinajstić information content (AvgIpc) is 2.83. The fourth-order valence-electron chi connectivity index (χ4n) is 4.34. The van der Waals surface area contributed by atoms with Crippen molar-refractivity contribution in [1.82, 2.24) is 4.90 Å². The Morgan fingerprint density at radius 1 is 0.818 bits per heavy atom. The van der Waals surface area contributed by atoms with Crippen LogP contribution in [0.5, 0.6) is 11.5 Å². The summed E-state index contributed by atoms with van der Waals surface area (Å²) in [6, 6.07) is 20.1. The minimum Gasteiger partial charge on any atom is -0.493 e. The van der Waals surface area contributed by atoms with Crippen molar-refractivity contribution in [3.05, 3.63) is 86.9 Å². The van der Waals surface area contributed by atoms with E-state index in [0.29, 0.717) is 10.0 Å². The highest BCUT2D eigenvalue weighted by Crippen LogP contribution is 2.37. The maximum Gasteiger partial charge on any atom is 0.160 e. The van der Waals surface area contributed by atoms with Gasteiger partial charge in [0.2, 0.25) is 0 Å².